The van der Waals surface area contributed by atoms with Gasteiger partial charge in [-0.25, -0.2) is 0 Å². The highest BCUT2D eigenvalue weighted by molar-refractivity contribution is 5.81. The number of phenolic OH excluding ortho intramolecular Hbond substituents is 1. The molecular weight excluding hydrogens is 296 g/mol. The molecule has 0 aromatic heterocycles. The van der Waals surface area contributed by atoms with Crippen molar-refractivity contribution in [2.24, 2.45) is 5.92 Å². The van der Waals surface area contributed by atoms with Crippen LogP contribution in [0.3, 0.4) is 0 Å². The Morgan fingerprint density at radius 2 is 1.29 bits per heavy atom. The van der Waals surface area contributed by atoms with E-state index < -0.39 is 0 Å². The Labute approximate surface area is 148 Å². The van der Waals surface area contributed by atoms with Gasteiger partial charge in [-0.1, -0.05) is 81.4 Å². The lowest BCUT2D eigenvalue weighted by Gasteiger charge is -2.32. The minimum Gasteiger partial charge on any atom is -0.507 e. The maximum atomic E-state index is 12.3. The molecule has 1 rings (SSSR count). The zero-order chi connectivity index (χ0) is 19.1. The largest absolute Gasteiger partial charge is 0.507 e. The summed E-state index contributed by atoms with van der Waals surface area (Å²) in [5.41, 5.74) is 2.47. The molecule has 0 aliphatic carbocycles. The van der Waals surface area contributed by atoms with Gasteiger partial charge in [0.2, 0.25) is 0 Å². The lowest BCUT2D eigenvalue weighted by Crippen LogP contribution is -2.26. The van der Waals surface area contributed by atoms with E-state index in [1.807, 2.05) is 13.8 Å². The number of carbonyl (C=O) groups is 1. The van der Waals surface area contributed by atoms with Crippen molar-refractivity contribution in [3.63, 3.8) is 0 Å². The third-order valence-corrected chi connectivity index (χ3v) is 4.77. The van der Waals surface area contributed by atoms with Gasteiger partial charge in [-0.2, -0.15) is 0 Å². The Balaban J connectivity index is 3.57. The molecule has 0 unspecified atom stereocenters. The van der Waals surface area contributed by atoms with Gasteiger partial charge in [-0.05, 0) is 32.9 Å². The van der Waals surface area contributed by atoms with Crippen LogP contribution in [0.5, 0.6) is 5.75 Å². The summed E-state index contributed by atoms with van der Waals surface area (Å²) in [5.74, 6) is 0.720. The average molecular weight is 333 g/mol. The van der Waals surface area contributed by atoms with Crippen LogP contribution in [-0.4, -0.2) is 10.9 Å². The monoisotopic (exact) mass is 332 g/mol. The Bertz CT molecular complexity index is 573. The number of benzene rings is 1. The van der Waals surface area contributed by atoms with Crippen molar-refractivity contribution in [2.45, 2.75) is 91.9 Å². The van der Waals surface area contributed by atoms with Crippen LogP contribution < -0.4 is 0 Å². The zero-order valence-electron chi connectivity index (χ0n) is 17.3. The highest BCUT2D eigenvalue weighted by Crippen LogP contribution is 2.42. The number of ketones is 1. The molecule has 0 saturated carbocycles. The van der Waals surface area contributed by atoms with Crippen molar-refractivity contribution in [1.82, 2.24) is 0 Å². The first-order valence-electron chi connectivity index (χ1n) is 8.98. The second-order valence-corrected chi connectivity index (χ2v) is 10.1. The second-order valence-electron chi connectivity index (χ2n) is 10.1. The van der Waals surface area contributed by atoms with Crippen molar-refractivity contribution < 1.29 is 9.90 Å². The molecule has 0 heterocycles. The number of phenols is 1. The van der Waals surface area contributed by atoms with Gasteiger partial charge in [0.15, 0.2) is 0 Å². The predicted molar refractivity (Wildman–Crippen MR) is 103 cm³/mol. The minimum absolute atomic E-state index is 0.0468. The van der Waals surface area contributed by atoms with E-state index in [1.165, 1.54) is 0 Å². The summed E-state index contributed by atoms with van der Waals surface area (Å²) in [4.78, 5) is 12.3. The van der Waals surface area contributed by atoms with Crippen molar-refractivity contribution >= 4 is 5.78 Å². The molecule has 1 aromatic carbocycles. The van der Waals surface area contributed by atoms with E-state index in [-0.39, 0.29) is 27.9 Å². The standard InChI is InChI=1S/C22H36O2/c1-14(2)18(23)13-22(9,10)15-11-16(20(3,4)5)19(24)17(12-15)21(6,7)8/h11-12,14,24H,13H2,1-10H3. The SMILES string of the molecule is CC(C)C(=O)CC(C)(C)c1cc(C(C)(C)C)c(O)c(C(C)(C)C)c1. The quantitative estimate of drug-likeness (QED) is 0.747. The van der Waals surface area contributed by atoms with Gasteiger partial charge in [0.05, 0.1) is 0 Å². The van der Waals surface area contributed by atoms with Gasteiger partial charge >= 0.3 is 0 Å². The van der Waals surface area contributed by atoms with E-state index in [9.17, 15) is 9.90 Å². The topological polar surface area (TPSA) is 37.3 Å². The van der Waals surface area contributed by atoms with Crippen molar-refractivity contribution in [2.75, 3.05) is 0 Å². The molecule has 136 valence electrons. The first-order chi connectivity index (χ1) is 10.6. The van der Waals surface area contributed by atoms with Gasteiger partial charge in [-0.15, -0.1) is 0 Å². The van der Waals surface area contributed by atoms with E-state index in [2.05, 4.69) is 67.5 Å². The molecule has 0 aliphatic rings. The number of carbonyl (C=O) groups excluding carboxylic acids is 1. The lowest BCUT2D eigenvalue weighted by molar-refractivity contribution is -0.122. The Morgan fingerprint density at radius 1 is 0.917 bits per heavy atom. The number of hydrogen-bond donors (Lipinski definition) is 1. The summed E-state index contributed by atoms with van der Waals surface area (Å²) in [7, 11) is 0. The fourth-order valence-corrected chi connectivity index (χ4v) is 2.91. The summed E-state index contributed by atoms with van der Waals surface area (Å²) >= 11 is 0. The van der Waals surface area contributed by atoms with Gasteiger partial charge in [0, 0.05) is 12.3 Å². The molecule has 0 fully saturated rings. The van der Waals surface area contributed by atoms with Gasteiger partial charge in [0.1, 0.15) is 11.5 Å². The maximum absolute atomic E-state index is 12.3. The Morgan fingerprint density at radius 3 is 1.58 bits per heavy atom. The Hall–Kier alpha value is -1.31. The van der Waals surface area contributed by atoms with Crippen molar-refractivity contribution in [3.8, 4) is 5.75 Å². The molecule has 0 spiro atoms. The van der Waals surface area contributed by atoms with Crippen LogP contribution >= 0.6 is 0 Å². The second kappa shape index (κ2) is 6.54. The first-order valence-corrected chi connectivity index (χ1v) is 8.98. The first kappa shape index (κ1) is 20.7. The highest BCUT2D eigenvalue weighted by atomic mass is 16.3. The predicted octanol–water partition coefficient (Wildman–Crippen LogP) is 5.88. The molecule has 2 nitrogen and oxygen atoms in total. The molecular formula is C22H36O2. The van der Waals surface area contributed by atoms with Gasteiger partial charge < -0.3 is 5.11 Å². The summed E-state index contributed by atoms with van der Waals surface area (Å²) in [6, 6.07) is 4.19. The van der Waals surface area contributed by atoms with E-state index in [4.69, 9.17) is 0 Å². The van der Waals surface area contributed by atoms with Crippen molar-refractivity contribution in [3.05, 3.63) is 28.8 Å². The summed E-state index contributed by atoms with van der Waals surface area (Å²) in [6.07, 6.45) is 0.516. The van der Waals surface area contributed by atoms with Gasteiger partial charge in [-0.3, -0.25) is 4.79 Å². The summed E-state index contributed by atoms with van der Waals surface area (Å²) in [6.45, 7) is 20.9. The molecule has 0 aliphatic heterocycles. The van der Waals surface area contributed by atoms with Crippen LogP contribution in [0.25, 0.3) is 0 Å². The van der Waals surface area contributed by atoms with Crippen LogP contribution in [0.1, 0.15) is 92.3 Å². The van der Waals surface area contributed by atoms with Crippen molar-refractivity contribution in [1.29, 1.82) is 0 Å². The van der Waals surface area contributed by atoms with Crippen LogP contribution in [0.2, 0.25) is 0 Å². The molecule has 0 amide bonds. The van der Waals surface area contributed by atoms with Crippen LogP contribution in [-0.2, 0) is 21.0 Å². The molecule has 0 radical (unpaired) electrons. The van der Waals surface area contributed by atoms with Gasteiger partial charge in [0.25, 0.3) is 0 Å². The molecule has 0 saturated heterocycles. The molecule has 0 bridgehead atoms. The number of hydrogen-bond acceptors (Lipinski definition) is 2. The van der Waals surface area contributed by atoms with Crippen LogP contribution in [0, 0.1) is 5.92 Å². The van der Waals surface area contributed by atoms with E-state index in [1.54, 1.807) is 0 Å². The fourth-order valence-electron chi connectivity index (χ4n) is 2.91. The third kappa shape index (κ3) is 4.62. The maximum Gasteiger partial charge on any atom is 0.136 e. The molecule has 1 aromatic rings. The number of aromatic hydroxyl groups is 1. The number of Topliss-reactive ketones (excluding diaryl/α,β-unsaturated/α-hetero) is 1. The van der Waals surface area contributed by atoms with E-state index in [0.29, 0.717) is 12.2 Å². The zero-order valence-corrected chi connectivity index (χ0v) is 17.3. The molecule has 0 atom stereocenters. The summed E-state index contributed by atoms with van der Waals surface area (Å²) < 4.78 is 0. The fraction of sp³-hybridized carbons (Fsp3) is 0.682. The van der Waals surface area contributed by atoms with Crippen LogP contribution in [0.4, 0.5) is 0 Å². The smallest absolute Gasteiger partial charge is 0.136 e. The van der Waals surface area contributed by atoms with E-state index in [0.717, 1.165) is 16.7 Å². The van der Waals surface area contributed by atoms with Crippen LogP contribution in [0.15, 0.2) is 12.1 Å². The lowest BCUT2D eigenvalue weighted by atomic mass is 9.72. The molecule has 2 heteroatoms. The molecule has 24 heavy (non-hydrogen) atoms. The Kier molecular flexibility index (Phi) is 5.65. The third-order valence-electron chi connectivity index (χ3n) is 4.77. The highest BCUT2D eigenvalue weighted by Gasteiger charge is 2.32. The molecule has 1 N–H and O–H groups in total. The number of rotatable bonds is 4. The average Bonchev–Trinajstić information content (AvgIpc) is 2.34. The van der Waals surface area contributed by atoms with E-state index >= 15 is 0 Å². The normalized spacial score (nSPS) is 13.5. The summed E-state index contributed by atoms with van der Waals surface area (Å²) in [5, 5.41) is 10.9. The minimum atomic E-state index is -0.255.